The highest BCUT2D eigenvalue weighted by atomic mass is 127. The molecule has 0 saturated carbocycles. The lowest BCUT2D eigenvalue weighted by Gasteiger charge is -2.17. The maximum absolute atomic E-state index is 5.41. The molecule has 0 heterocycles. The lowest BCUT2D eigenvalue weighted by molar-refractivity contribution is 1.11. The normalized spacial score (nSPS) is 10.1. The maximum atomic E-state index is 5.41. The fourth-order valence-corrected chi connectivity index (χ4v) is 3.02. The minimum absolute atomic E-state index is 0.717. The van der Waals surface area contributed by atoms with Gasteiger partial charge < -0.3 is 0 Å². The van der Waals surface area contributed by atoms with Crippen molar-refractivity contribution in [2.45, 2.75) is 32.9 Å². The first-order valence-electron chi connectivity index (χ1n) is 4.85. The molecule has 0 spiro atoms. The highest BCUT2D eigenvalue weighted by molar-refractivity contribution is 14.1. The molecule has 1 aromatic rings. The van der Waals surface area contributed by atoms with Crippen molar-refractivity contribution < 1.29 is 0 Å². The second-order valence-corrected chi connectivity index (χ2v) is 5.08. The highest BCUT2D eigenvalue weighted by Gasteiger charge is 2.13. The summed E-state index contributed by atoms with van der Waals surface area (Å²) in [5.74, 6) is 3.52. The molecule has 0 radical (unpaired) electrons. The molecular weight excluding hydrogens is 315 g/mol. The average molecular weight is 330 g/mol. The van der Waals surface area contributed by atoms with Gasteiger partial charge in [0.25, 0.3) is 0 Å². The van der Waals surface area contributed by atoms with Crippen LogP contribution in [0.4, 0.5) is 0 Å². The zero-order valence-corrected chi connectivity index (χ0v) is 12.4. The van der Waals surface area contributed by atoms with Crippen molar-refractivity contribution in [3.63, 3.8) is 0 Å². The van der Waals surface area contributed by atoms with Gasteiger partial charge in [0.05, 0.1) is 0 Å². The van der Waals surface area contributed by atoms with E-state index in [-0.39, 0.29) is 0 Å². The Morgan fingerprint density at radius 1 is 1.13 bits per heavy atom. The number of halogens is 1. The minimum atomic E-state index is 0.717. The predicted molar refractivity (Wildman–Crippen MR) is 78.6 cm³/mol. The van der Waals surface area contributed by atoms with Crippen molar-refractivity contribution in [3.8, 4) is 12.3 Å². The molecule has 0 atom stereocenters. The van der Waals surface area contributed by atoms with Gasteiger partial charge in [0.15, 0.2) is 0 Å². The third-order valence-electron chi connectivity index (χ3n) is 2.91. The van der Waals surface area contributed by atoms with Gasteiger partial charge in [-0.1, -0.05) is 0 Å². The van der Waals surface area contributed by atoms with Gasteiger partial charge in [0, 0.05) is 15.7 Å². The first-order chi connectivity index (χ1) is 7.04. The molecule has 2 heteroatoms. The molecule has 15 heavy (non-hydrogen) atoms. The van der Waals surface area contributed by atoms with Crippen molar-refractivity contribution in [1.29, 1.82) is 0 Å². The van der Waals surface area contributed by atoms with Crippen molar-refractivity contribution >= 4 is 35.2 Å². The Bertz CT molecular complexity index is 427. The summed E-state index contributed by atoms with van der Waals surface area (Å²) in [6.07, 6.45) is 6.12. The third kappa shape index (κ3) is 2.34. The predicted octanol–water partition coefficient (Wildman–Crippen LogP) is 3.82. The molecular formula is C13H15IS. The summed E-state index contributed by atoms with van der Waals surface area (Å²) in [4.78, 5) is 0. The fourth-order valence-electron chi connectivity index (χ4n) is 1.90. The van der Waals surface area contributed by atoms with Gasteiger partial charge in [-0.2, -0.15) is 12.6 Å². The summed E-state index contributed by atoms with van der Waals surface area (Å²) in [5, 5.41) is 0. The largest absolute Gasteiger partial charge is 0.175 e. The van der Waals surface area contributed by atoms with E-state index in [4.69, 9.17) is 6.42 Å². The minimum Gasteiger partial charge on any atom is -0.175 e. The molecule has 0 N–H and O–H groups in total. The van der Waals surface area contributed by atoms with E-state index in [0.717, 1.165) is 5.75 Å². The van der Waals surface area contributed by atoms with Crippen LogP contribution in [0.1, 0.15) is 27.8 Å². The van der Waals surface area contributed by atoms with E-state index in [9.17, 15) is 0 Å². The Kier molecular flexibility index (Phi) is 4.54. The van der Waals surface area contributed by atoms with E-state index in [1.165, 1.54) is 31.4 Å². The van der Waals surface area contributed by atoms with E-state index >= 15 is 0 Å². The van der Waals surface area contributed by atoms with E-state index in [1.54, 1.807) is 0 Å². The lowest BCUT2D eigenvalue weighted by Crippen LogP contribution is -2.03. The lowest BCUT2D eigenvalue weighted by atomic mass is 9.93. The molecule has 0 fully saturated rings. The van der Waals surface area contributed by atoms with E-state index in [1.807, 2.05) is 0 Å². The molecule has 0 saturated heterocycles. The standard InChI is InChI=1S/C13H15IS/c1-5-6-11-8(2)12(7-15)10(4)13(14)9(11)3/h1,15H,6-7H2,2-4H3. The van der Waals surface area contributed by atoms with Crippen molar-refractivity contribution in [2.75, 3.05) is 0 Å². The first kappa shape index (κ1) is 12.9. The van der Waals surface area contributed by atoms with Crippen LogP contribution in [0.15, 0.2) is 0 Å². The van der Waals surface area contributed by atoms with Gasteiger partial charge in [0.1, 0.15) is 0 Å². The quantitative estimate of drug-likeness (QED) is 0.476. The molecule has 0 unspecified atom stereocenters. The Morgan fingerprint density at radius 2 is 1.67 bits per heavy atom. The van der Waals surface area contributed by atoms with Crippen molar-refractivity contribution in [3.05, 3.63) is 31.4 Å². The van der Waals surface area contributed by atoms with Gasteiger partial charge in [-0.25, -0.2) is 0 Å². The van der Waals surface area contributed by atoms with E-state index in [2.05, 4.69) is 61.9 Å². The average Bonchev–Trinajstić information content (AvgIpc) is 2.22. The van der Waals surface area contributed by atoms with Crippen LogP contribution >= 0.6 is 35.2 Å². The Morgan fingerprint density at radius 3 is 2.13 bits per heavy atom. The Labute approximate surface area is 111 Å². The Hall–Kier alpha value is -0.140. The van der Waals surface area contributed by atoms with E-state index in [0.29, 0.717) is 6.42 Å². The molecule has 0 nitrogen and oxygen atoms in total. The zero-order valence-electron chi connectivity index (χ0n) is 9.32. The summed E-state index contributed by atoms with van der Waals surface area (Å²) in [6.45, 7) is 6.46. The first-order valence-corrected chi connectivity index (χ1v) is 6.57. The third-order valence-corrected chi connectivity index (χ3v) is 4.84. The smallest absolute Gasteiger partial charge is 0.0343 e. The molecule has 0 aliphatic heterocycles. The second-order valence-electron chi connectivity index (χ2n) is 3.69. The van der Waals surface area contributed by atoms with Gasteiger partial charge >= 0.3 is 0 Å². The van der Waals surface area contributed by atoms with Gasteiger partial charge in [-0.15, -0.1) is 12.3 Å². The number of rotatable bonds is 2. The van der Waals surface area contributed by atoms with Crippen LogP contribution in [0.3, 0.4) is 0 Å². The highest BCUT2D eigenvalue weighted by Crippen LogP contribution is 2.29. The topological polar surface area (TPSA) is 0 Å². The summed E-state index contributed by atoms with van der Waals surface area (Å²) in [5.41, 5.74) is 6.63. The molecule has 0 amide bonds. The SMILES string of the molecule is C#CCc1c(C)c(I)c(C)c(CS)c1C. The van der Waals surface area contributed by atoms with Crippen LogP contribution in [0.5, 0.6) is 0 Å². The van der Waals surface area contributed by atoms with Crippen LogP contribution < -0.4 is 0 Å². The van der Waals surface area contributed by atoms with Crippen LogP contribution in [0.25, 0.3) is 0 Å². The summed E-state index contributed by atoms with van der Waals surface area (Å²) < 4.78 is 1.33. The molecule has 0 bridgehead atoms. The van der Waals surface area contributed by atoms with Crippen LogP contribution in [0, 0.1) is 36.7 Å². The monoisotopic (exact) mass is 330 g/mol. The second kappa shape index (κ2) is 5.27. The fraction of sp³-hybridized carbons (Fsp3) is 0.385. The maximum Gasteiger partial charge on any atom is 0.0343 e. The van der Waals surface area contributed by atoms with Gasteiger partial charge in [-0.05, 0) is 71.2 Å². The number of hydrogen-bond acceptors (Lipinski definition) is 1. The van der Waals surface area contributed by atoms with E-state index < -0.39 is 0 Å². The number of hydrogen-bond donors (Lipinski definition) is 1. The van der Waals surface area contributed by atoms with Crippen LogP contribution in [-0.2, 0) is 12.2 Å². The van der Waals surface area contributed by atoms with Crippen molar-refractivity contribution in [2.24, 2.45) is 0 Å². The van der Waals surface area contributed by atoms with Gasteiger partial charge in [0.2, 0.25) is 0 Å². The molecule has 1 rings (SSSR count). The van der Waals surface area contributed by atoms with Gasteiger partial charge in [-0.3, -0.25) is 0 Å². The molecule has 0 aliphatic rings. The molecule has 1 aromatic carbocycles. The van der Waals surface area contributed by atoms with Crippen LogP contribution in [0.2, 0.25) is 0 Å². The number of thiol groups is 1. The van der Waals surface area contributed by atoms with Crippen molar-refractivity contribution in [1.82, 2.24) is 0 Å². The number of benzene rings is 1. The molecule has 80 valence electrons. The zero-order chi connectivity index (χ0) is 11.6. The molecule has 0 aliphatic carbocycles. The summed E-state index contributed by atoms with van der Waals surface area (Å²) in [6, 6.07) is 0. The molecule has 0 aromatic heterocycles. The van der Waals surface area contributed by atoms with Crippen LogP contribution in [-0.4, -0.2) is 0 Å². The number of terminal acetylenes is 1. The Balaban J connectivity index is 3.54. The summed E-state index contributed by atoms with van der Waals surface area (Å²) >= 11 is 6.79. The summed E-state index contributed by atoms with van der Waals surface area (Å²) in [7, 11) is 0.